The van der Waals surface area contributed by atoms with Gasteiger partial charge in [0.05, 0.1) is 11.4 Å². The Morgan fingerprint density at radius 2 is 1.06 bits per heavy atom. The zero-order valence-corrected chi connectivity index (χ0v) is 22.6. The van der Waals surface area contributed by atoms with Gasteiger partial charge in [0, 0.05) is 22.9 Å². The molecule has 1 fully saturated rings. The van der Waals surface area contributed by atoms with Gasteiger partial charge in [-0.3, -0.25) is 9.98 Å². The fourth-order valence-corrected chi connectivity index (χ4v) is 5.48. The molecule has 2 aromatic rings. The first-order valence-electron chi connectivity index (χ1n) is 10.5. The fraction of sp³-hybridized carbons (Fsp3) is 0.440. The van der Waals surface area contributed by atoms with E-state index in [1.807, 2.05) is 11.8 Å². The Bertz CT molecular complexity index is 824. The summed E-state index contributed by atoms with van der Waals surface area (Å²) >= 11 is 2.20. The van der Waals surface area contributed by atoms with Crippen LogP contribution in [0, 0.1) is 41.5 Å². The molecular formula is C25H32Cl2FeN2S. The summed E-state index contributed by atoms with van der Waals surface area (Å²) in [6, 6.07) is 8.87. The third-order valence-corrected chi connectivity index (χ3v) is 6.75. The number of nitrogens with zero attached hydrogens (tertiary/aromatic N) is 2. The molecule has 0 spiro atoms. The molecule has 2 nitrogen and oxygen atoms in total. The molecule has 0 bridgehead atoms. The van der Waals surface area contributed by atoms with Crippen LogP contribution < -0.4 is 0 Å². The summed E-state index contributed by atoms with van der Waals surface area (Å²) in [6.07, 6.45) is 7.96. The van der Waals surface area contributed by atoms with Gasteiger partial charge in [0.1, 0.15) is 0 Å². The number of benzene rings is 2. The molecule has 1 heterocycles. The van der Waals surface area contributed by atoms with Gasteiger partial charge in [-0.25, -0.2) is 0 Å². The molecule has 170 valence electrons. The standard InChI is InChI=1S/C25H32N2S.2ClH.Fe/c1-16-10-18(3)24(19(4)11-16)26-14-22-8-7-9-23(28-22)15-27-25-20(5)12-17(2)13-21(25)6;;;/h10-15,22-23H,7-9H2,1-6H3;2*1H;/q;;;+2/p-2. The van der Waals surface area contributed by atoms with E-state index < -0.39 is 0 Å². The van der Waals surface area contributed by atoms with Gasteiger partial charge in [-0.05, 0) is 76.6 Å². The second-order valence-corrected chi connectivity index (χ2v) is 11.6. The molecule has 0 aromatic heterocycles. The van der Waals surface area contributed by atoms with Crippen molar-refractivity contribution in [1.82, 2.24) is 0 Å². The van der Waals surface area contributed by atoms with Crippen molar-refractivity contribution in [2.24, 2.45) is 9.98 Å². The molecule has 1 saturated heterocycles. The van der Waals surface area contributed by atoms with E-state index in [1.54, 1.807) is 0 Å². The van der Waals surface area contributed by atoms with Crippen molar-refractivity contribution in [3.63, 3.8) is 0 Å². The minimum absolute atomic E-state index is 0.194. The van der Waals surface area contributed by atoms with Gasteiger partial charge < -0.3 is 0 Å². The quantitative estimate of drug-likeness (QED) is 0.293. The van der Waals surface area contributed by atoms with E-state index >= 15 is 0 Å². The molecule has 1 aliphatic rings. The number of aryl methyl sites for hydroxylation is 6. The summed E-state index contributed by atoms with van der Waals surface area (Å²) in [7, 11) is 9.53. The Morgan fingerprint density at radius 3 is 1.39 bits per heavy atom. The molecule has 31 heavy (non-hydrogen) atoms. The predicted octanol–water partition coefficient (Wildman–Crippen LogP) is 8.67. The van der Waals surface area contributed by atoms with E-state index in [2.05, 4.69) is 78.2 Å². The topological polar surface area (TPSA) is 24.7 Å². The number of aliphatic imine (C=N–C) groups is 2. The van der Waals surface area contributed by atoms with E-state index in [0.717, 1.165) is 11.4 Å². The first-order chi connectivity index (χ1) is 14.7. The predicted molar refractivity (Wildman–Crippen MR) is 138 cm³/mol. The Labute approximate surface area is 206 Å². The molecule has 6 heteroatoms. The Kier molecular flexibility index (Phi) is 11.2. The number of thioether (sulfide) groups is 1. The third kappa shape index (κ3) is 8.26. The van der Waals surface area contributed by atoms with Gasteiger partial charge in [-0.1, -0.05) is 41.8 Å². The summed E-state index contributed by atoms with van der Waals surface area (Å²) in [5.74, 6) is 0. The second kappa shape index (κ2) is 13.1. The first kappa shape index (κ1) is 26.5. The van der Waals surface area contributed by atoms with Gasteiger partial charge in [0.15, 0.2) is 0 Å². The van der Waals surface area contributed by atoms with E-state index in [1.165, 1.54) is 52.6 Å². The number of hydrogen-bond acceptors (Lipinski definition) is 3. The van der Waals surface area contributed by atoms with Crippen molar-refractivity contribution in [2.75, 3.05) is 0 Å². The molecule has 0 amide bonds. The van der Waals surface area contributed by atoms with Crippen LogP contribution in [0.5, 0.6) is 0 Å². The second-order valence-electron chi connectivity index (χ2n) is 8.25. The molecule has 2 atom stereocenters. The number of rotatable bonds is 4. The van der Waals surface area contributed by atoms with Crippen LogP contribution >= 0.6 is 32.0 Å². The minimum atomic E-state index is 0.194. The van der Waals surface area contributed by atoms with Crippen LogP contribution in [0.25, 0.3) is 0 Å². The molecular weight excluding hydrogens is 487 g/mol. The summed E-state index contributed by atoms with van der Waals surface area (Å²) in [5, 5.41) is 0.927. The molecule has 2 unspecified atom stereocenters. The van der Waals surface area contributed by atoms with E-state index in [9.17, 15) is 0 Å². The zero-order chi connectivity index (χ0) is 23.0. The normalized spacial score (nSPS) is 19.1. The molecule has 2 aromatic carbocycles. The van der Waals surface area contributed by atoms with Gasteiger partial charge >= 0.3 is 33.3 Å². The van der Waals surface area contributed by atoms with Crippen molar-refractivity contribution in [3.8, 4) is 0 Å². The van der Waals surface area contributed by atoms with Gasteiger partial charge in [0.25, 0.3) is 0 Å². The van der Waals surface area contributed by atoms with Crippen molar-refractivity contribution in [2.45, 2.75) is 71.3 Å². The molecule has 0 radical (unpaired) electrons. The van der Waals surface area contributed by atoms with Gasteiger partial charge in [-0.15, -0.1) is 11.8 Å². The number of halogens is 2. The van der Waals surface area contributed by atoms with E-state index in [0.29, 0.717) is 10.5 Å². The molecule has 0 saturated carbocycles. The van der Waals surface area contributed by atoms with Crippen LogP contribution in [0.3, 0.4) is 0 Å². The zero-order valence-electron chi connectivity index (χ0n) is 19.2. The van der Waals surface area contributed by atoms with Gasteiger partial charge in [-0.2, -0.15) is 0 Å². The molecule has 0 N–H and O–H groups in total. The molecule has 0 aliphatic carbocycles. The summed E-state index contributed by atoms with van der Waals surface area (Å²) in [6.45, 7) is 12.9. The van der Waals surface area contributed by atoms with Crippen LogP contribution in [-0.2, 0) is 13.1 Å². The first-order valence-corrected chi connectivity index (χ1v) is 14.5. The Balaban J connectivity index is 0.00000107. The fourth-order valence-electron chi connectivity index (χ4n) is 4.17. The maximum absolute atomic E-state index is 4.87. The van der Waals surface area contributed by atoms with Crippen LogP contribution in [0.2, 0.25) is 0 Å². The SMILES string of the molecule is Cc1cc(C)c(N=CC2CCCC(C=Nc3c(C)cc(C)cc3C)S2)c(C)c1.[Cl][Fe][Cl]. The Morgan fingerprint density at radius 1 is 0.742 bits per heavy atom. The van der Waals surface area contributed by atoms with Gasteiger partial charge in [0.2, 0.25) is 0 Å². The maximum atomic E-state index is 4.87. The number of hydrogen-bond donors (Lipinski definition) is 0. The van der Waals surface area contributed by atoms with Crippen molar-refractivity contribution in [3.05, 3.63) is 57.6 Å². The van der Waals surface area contributed by atoms with E-state index in [-0.39, 0.29) is 13.1 Å². The molecule has 1 aliphatic heterocycles. The summed E-state index contributed by atoms with van der Waals surface area (Å²) in [4.78, 5) is 9.74. The third-order valence-electron chi connectivity index (χ3n) is 5.34. The van der Waals surface area contributed by atoms with Crippen LogP contribution in [-0.4, -0.2) is 22.9 Å². The average Bonchev–Trinajstić information content (AvgIpc) is 2.67. The van der Waals surface area contributed by atoms with E-state index in [4.69, 9.17) is 30.2 Å². The average molecular weight is 519 g/mol. The van der Waals surface area contributed by atoms with Crippen molar-refractivity contribution < 1.29 is 13.1 Å². The summed E-state index contributed by atoms with van der Waals surface area (Å²) < 4.78 is 0. The molecule has 3 rings (SSSR count). The van der Waals surface area contributed by atoms with Crippen LogP contribution in [0.15, 0.2) is 34.3 Å². The van der Waals surface area contributed by atoms with Crippen molar-refractivity contribution >= 4 is 55.8 Å². The van der Waals surface area contributed by atoms with Crippen LogP contribution in [0.4, 0.5) is 11.4 Å². The monoisotopic (exact) mass is 518 g/mol. The van der Waals surface area contributed by atoms with Crippen molar-refractivity contribution in [1.29, 1.82) is 0 Å². The Hall–Kier alpha value is -0.771. The summed E-state index contributed by atoms with van der Waals surface area (Å²) in [5.41, 5.74) is 9.92. The van der Waals surface area contributed by atoms with Crippen LogP contribution in [0.1, 0.15) is 52.6 Å².